The van der Waals surface area contributed by atoms with Crippen LogP contribution in [0.3, 0.4) is 0 Å². The van der Waals surface area contributed by atoms with Crippen molar-refractivity contribution in [1.82, 2.24) is 10.2 Å². The van der Waals surface area contributed by atoms with Crippen molar-refractivity contribution in [2.24, 2.45) is 0 Å². The Bertz CT molecular complexity index is 857. The van der Waals surface area contributed by atoms with Crippen LogP contribution in [0.2, 0.25) is 0 Å². The standard InChI is InChI=1S/C22H25FN2O3/c1-22(19(26)14-24-11-13-28-22)21(27)25-12-10-15-4-2-3-5-18(15)20(25)16-6-8-17(23)9-7-16/h2-9,19-20,24,26H,10-14H2,1H3/t19-,20-,22-/m0/s1. The number of aliphatic hydroxyl groups excluding tert-OH is 1. The van der Waals surface area contributed by atoms with Gasteiger partial charge in [0.1, 0.15) is 11.9 Å². The van der Waals surface area contributed by atoms with Gasteiger partial charge in [0.15, 0.2) is 5.60 Å². The van der Waals surface area contributed by atoms with E-state index >= 15 is 0 Å². The lowest BCUT2D eigenvalue weighted by molar-refractivity contribution is -0.170. The fourth-order valence-electron chi connectivity index (χ4n) is 4.14. The Hall–Kier alpha value is -2.28. The van der Waals surface area contributed by atoms with Gasteiger partial charge in [0.05, 0.1) is 12.6 Å². The highest BCUT2D eigenvalue weighted by Gasteiger charge is 2.47. The maximum Gasteiger partial charge on any atom is 0.258 e. The van der Waals surface area contributed by atoms with Gasteiger partial charge in [0, 0.05) is 19.6 Å². The fraction of sp³-hybridized carbons (Fsp3) is 0.409. The molecule has 1 saturated heterocycles. The largest absolute Gasteiger partial charge is 0.388 e. The van der Waals surface area contributed by atoms with E-state index in [-0.39, 0.29) is 17.8 Å². The third-order valence-corrected chi connectivity index (χ3v) is 5.81. The molecule has 0 saturated carbocycles. The van der Waals surface area contributed by atoms with E-state index in [1.165, 1.54) is 17.7 Å². The number of ether oxygens (including phenoxy) is 1. The van der Waals surface area contributed by atoms with Crippen LogP contribution in [0.15, 0.2) is 48.5 Å². The van der Waals surface area contributed by atoms with Crippen LogP contribution in [0, 0.1) is 5.82 Å². The molecule has 2 heterocycles. The summed E-state index contributed by atoms with van der Waals surface area (Å²) in [6.07, 6.45) is -0.224. The van der Waals surface area contributed by atoms with Gasteiger partial charge in [-0.3, -0.25) is 4.79 Å². The number of nitrogens with zero attached hydrogens (tertiary/aromatic N) is 1. The number of halogens is 1. The summed E-state index contributed by atoms with van der Waals surface area (Å²) in [4.78, 5) is 15.4. The smallest absolute Gasteiger partial charge is 0.258 e. The van der Waals surface area contributed by atoms with Gasteiger partial charge in [0.2, 0.25) is 0 Å². The highest BCUT2D eigenvalue weighted by molar-refractivity contribution is 5.87. The van der Waals surface area contributed by atoms with Gasteiger partial charge in [-0.05, 0) is 42.2 Å². The molecule has 0 aromatic heterocycles. The van der Waals surface area contributed by atoms with Gasteiger partial charge in [-0.25, -0.2) is 4.39 Å². The molecule has 0 radical (unpaired) electrons. The minimum Gasteiger partial charge on any atom is -0.388 e. The molecule has 28 heavy (non-hydrogen) atoms. The van der Waals surface area contributed by atoms with E-state index in [1.54, 1.807) is 24.0 Å². The number of fused-ring (bicyclic) bond motifs is 1. The summed E-state index contributed by atoms with van der Waals surface area (Å²) in [7, 11) is 0. The Morgan fingerprint density at radius 1 is 1.25 bits per heavy atom. The van der Waals surface area contributed by atoms with Crippen molar-refractivity contribution >= 4 is 5.91 Å². The molecule has 2 aliphatic heterocycles. The molecular weight excluding hydrogens is 359 g/mol. The monoisotopic (exact) mass is 384 g/mol. The molecule has 0 spiro atoms. The lowest BCUT2D eigenvalue weighted by Gasteiger charge is -2.43. The summed E-state index contributed by atoms with van der Waals surface area (Å²) in [6, 6.07) is 13.9. The Labute approximate surface area is 164 Å². The van der Waals surface area contributed by atoms with Crippen LogP contribution in [0.4, 0.5) is 4.39 Å². The van der Waals surface area contributed by atoms with Crippen molar-refractivity contribution in [3.63, 3.8) is 0 Å². The molecule has 4 rings (SSSR count). The van der Waals surface area contributed by atoms with Crippen LogP contribution >= 0.6 is 0 Å². The minimum absolute atomic E-state index is 0.243. The third kappa shape index (κ3) is 3.32. The molecular formula is C22H25FN2O3. The van der Waals surface area contributed by atoms with Crippen molar-refractivity contribution in [2.75, 3.05) is 26.2 Å². The number of nitrogens with one attached hydrogen (secondary N) is 1. The van der Waals surface area contributed by atoms with Crippen LogP contribution in [0.25, 0.3) is 0 Å². The molecule has 2 aromatic rings. The predicted octanol–water partition coefficient (Wildman–Crippen LogP) is 2.04. The first-order valence-corrected chi connectivity index (χ1v) is 9.68. The van der Waals surface area contributed by atoms with Gasteiger partial charge >= 0.3 is 0 Å². The molecule has 2 N–H and O–H groups in total. The fourth-order valence-corrected chi connectivity index (χ4v) is 4.14. The first kappa shape index (κ1) is 19.1. The number of rotatable bonds is 2. The Morgan fingerprint density at radius 3 is 2.79 bits per heavy atom. The molecule has 2 aromatic carbocycles. The van der Waals surface area contributed by atoms with Crippen molar-refractivity contribution in [1.29, 1.82) is 0 Å². The second-order valence-corrected chi connectivity index (χ2v) is 7.58. The van der Waals surface area contributed by atoms with E-state index < -0.39 is 11.7 Å². The lowest BCUT2D eigenvalue weighted by atomic mass is 9.86. The van der Waals surface area contributed by atoms with Crippen LogP contribution in [-0.2, 0) is 16.0 Å². The first-order chi connectivity index (χ1) is 13.5. The average molecular weight is 384 g/mol. The number of aliphatic hydroxyl groups is 1. The second kappa shape index (κ2) is 7.62. The van der Waals surface area contributed by atoms with Gasteiger partial charge in [-0.1, -0.05) is 36.4 Å². The van der Waals surface area contributed by atoms with Crippen molar-refractivity contribution in [3.8, 4) is 0 Å². The van der Waals surface area contributed by atoms with Crippen LogP contribution in [0.5, 0.6) is 0 Å². The maximum absolute atomic E-state index is 13.6. The first-order valence-electron chi connectivity index (χ1n) is 9.68. The van der Waals surface area contributed by atoms with Crippen LogP contribution in [0.1, 0.15) is 29.7 Å². The number of carbonyl (C=O) groups excluding carboxylic acids is 1. The van der Waals surface area contributed by atoms with Crippen molar-refractivity contribution in [2.45, 2.75) is 31.1 Å². The number of benzene rings is 2. The normalized spacial score (nSPS) is 27.8. The van der Waals surface area contributed by atoms with E-state index in [0.29, 0.717) is 26.2 Å². The molecule has 1 amide bonds. The molecule has 0 bridgehead atoms. The molecule has 2 aliphatic rings. The Kier molecular flexibility index (Phi) is 5.19. The summed E-state index contributed by atoms with van der Waals surface area (Å²) >= 11 is 0. The number of hydrogen-bond donors (Lipinski definition) is 2. The number of β-amino-alcohol motifs (C(OH)–C–C–N with tert-alkyl or cyclic N) is 1. The van der Waals surface area contributed by atoms with Crippen molar-refractivity contribution in [3.05, 3.63) is 71.0 Å². The second-order valence-electron chi connectivity index (χ2n) is 7.58. The maximum atomic E-state index is 13.6. The summed E-state index contributed by atoms with van der Waals surface area (Å²) in [6.45, 7) is 3.41. The predicted molar refractivity (Wildman–Crippen MR) is 103 cm³/mol. The van der Waals surface area contributed by atoms with Crippen molar-refractivity contribution < 1.29 is 19.0 Å². The molecule has 6 heteroatoms. The summed E-state index contributed by atoms with van der Waals surface area (Å²) in [5.74, 6) is -0.557. The number of carbonyl (C=O) groups is 1. The quantitative estimate of drug-likeness (QED) is 0.832. The average Bonchev–Trinajstić information content (AvgIpc) is 2.89. The van der Waals surface area contributed by atoms with Crippen LogP contribution in [-0.4, -0.2) is 53.9 Å². The van der Waals surface area contributed by atoms with Gasteiger partial charge in [0.25, 0.3) is 5.91 Å². The molecule has 148 valence electrons. The van der Waals surface area contributed by atoms with E-state index in [1.807, 2.05) is 18.2 Å². The molecule has 3 atom stereocenters. The highest BCUT2D eigenvalue weighted by atomic mass is 19.1. The molecule has 5 nitrogen and oxygen atoms in total. The molecule has 1 fully saturated rings. The minimum atomic E-state index is -1.33. The molecule has 0 unspecified atom stereocenters. The topological polar surface area (TPSA) is 61.8 Å². The lowest BCUT2D eigenvalue weighted by Crippen LogP contribution is -2.58. The number of hydrogen-bond acceptors (Lipinski definition) is 4. The zero-order valence-corrected chi connectivity index (χ0v) is 15.9. The number of amides is 1. The van der Waals surface area contributed by atoms with Crippen LogP contribution < -0.4 is 5.32 Å². The zero-order valence-electron chi connectivity index (χ0n) is 15.9. The van der Waals surface area contributed by atoms with E-state index in [9.17, 15) is 14.3 Å². The Balaban J connectivity index is 1.76. The SMILES string of the molecule is C[C@]1(C(=O)N2CCc3ccccc3[C@@H]2c2ccc(F)cc2)OCCNC[C@@H]1O. The third-order valence-electron chi connectivity index (χ3n) is 5.81. The van der Waals surface area contributed by atoms with E-state index in [0.717, 1.165) is 17.5 Å². The molecule has 0 aliphatic carbocycles. The van der Waals surface area contributed by atoms with E-state index in [2.05, 4.69) is 11.4 Å². The Morgan fingerprint density at radius 2 is 2.00 bits per heavy atom. The van der Waals surface area contributed by atoms with Gasteiger partial charge in [-0.15, -0.1) is 0 Å². The zero-order chi connectivity index (χ0) is 19.7. The highest BCUT2D eigenvalue weighted by Crippen LogP contribution is 2.37. The van der Waals surface area contributed by atoms with E-state index in [4.69, 9.17) is 4.74 Å². The van der Waals surface area contributed by atoms with Gasteiger partial charge in [-0.2, -0.15) is 0 Å². The summed E-state index contributed by atoms with van der Waals surface area (Å²) in [5.41, 5.74) is 1.72. The summed E-state index contributed by atoms with van der Waals surface area (Å²) in [5, 5.41) is 13.7. The summed E-state index contributed by atoms with van der Waals surface area (Å²) < 4.78 is 19.4. The van der Waals surface area contributed by atoms with Gasteiger partial charge < -0.3 is 20.1 Å².